The molecule has 0 bridgehead atoms. The van der Waals surface area contributed by atoms with Gasteiger partial charge in [0.2, 0.25) is 5.76 Å². The molecular formula is C14H22N2O3. The predicted molar refractivity (Wildman–Crippen MR) is 71.0 cm³/mol. The van der Waals surface area contributed by atoms with Gasteiger partial charge in [-0.25, -0.2) is 4.98 Å². The summed E-state index contributed by atoms with van der Waals surface area (Å²) in [7, 11) is 0. The van der Waals surface area contributed by atoms with Crippen LogP contribution in [-0.4, -0.2) is 30.1 Å². The summed E-state index contributed by atoms with van der Waals surface area (Å²) in [5.41, 5.74) is 0.637. The standard InChI is InChI=1S/C14H22N2O3/c1-8(2)12-11(5-6-18-12)7-15-14(17)13-9(3)16-10(4)19-13/h8,11-12H,5-7H2,1-4H3,(H,15,17)/t11-,12+/m0/s1. The Morgan fingerprint density at radius 1 is 1.47 bits per heavy atom. The number of hydrogen-bond donors (Lipinski definition) is 1. The molecule has 0 aliphatic carbocycles. The van der Waals surface area contributed by atoms with Crippen LogP contribution in [0.15, 0.2) is 4.42 Å². The minimum absolute atomic E-state index is 0.187. The average Bonchev–Trinajstić information content (AvgIpc) is 2.92. The summed E-state index contributed by atoms with van der Waals surface area (Å²) in [4.78, 5) is 16.1. The topological polar surface area (TPSA) is 64.4 Å². The van der Waals surface area contributed by atoms with E-state index in [9.17, 15) is 4.79 Å². The number of ether oxygens (including phenoxy) is 1. The fraction of sp³-hybridized carbons (Fsp3) is 0.714. The highest BCUT2D eigenvalue weighted by molar-refractivity contribution is 5.92. The molecule has 2 rings (SSSR count). The van der Waals surface area contributed by atoms with Crippen molar-refractivity contribution in [2.24, 2.45) is 11.8 Å². The van der Waals surface area contributed by atoms with Crippen LogP contribution < -0.4 is 5.32 Å². The molecule has 0 aromatic carbocycles. The molecule has 1 N–H and O–H groups in total. The SMILES string of the molecule is Cc1nc(C)c(C(=O)NC[C@@H]2CCO[C@@H]2C(C)C)o1. The number of nitrogens with zero attached hydrogens (tertiary/aromatic N) is 1. The molecule has 19 heavy (non-hydrogen) atoms. The summed E-state index contributed by atoms with van der Waals surface area (Å²) < 4.78 is 11.0. The molecule has 1 fully saturated rings. The van der Waals surface area contributed by atoms with E-state index < -0.39 is 0 Å². The van der Waals surface area contributed by atoms with Gasteiger partial charge in [0.05, 0.1) is 11.8 Å². The van der Waals surface area contributed by atoms with E-state index in [2.05, 4.69) is 24.1 Å². The number of nitrogens with one attached hydrogen (secondary N) is 1. The molecule has 1 aliphatic rings. The van der Waals surface area contributed by atoms with Crippen LogP contribution >= 0.6 is 0 Å². The van der Waals surface area contributed by atoms with Crippen molar-refractivity contribution in [1.29, 1.82) is 0 Å². The Morgan fingerprint density at radius 3 is 2.79 bits per heavy atom. The molecule has 5 heteroatoms. The third-order valence-corrected chi connectivity index (χ3v) is 3.56. The first-order valence-electron chi connectivity index (χ1n) is 6.83. The van der Waals surface area contributed by atoms with Crippen molar-refractivity contribution >= 4 is 5.91 Å². The molecule has 0 unspecified atom stereocenters. The zero-order valence-corrected chi connectivity index (χ0v) is 12.0. The van der Waals surface area contributed by atoms with Crippen molar-refractivity contribution in [2.75, 3.05) is 13.2 Å². The van der Waals surface area contributed by atoms with E-state index in [1.165, 1.54) is 0 Å². The van der Waals surface area contributed by atoms with E-state index in [0.717, 1.165) is 13.0 Å². The number of rotatable bonds is 4. The molecule has 0 saturated carbocycles. The lowest BCUT2D eigenvalue weighted by Crippen LogP contribution is -2.35. The first-order chi connectivity index (χ1) is 8.99. The molecule has 0 radical (unpaired) electrons. The molecule has 5 nitrogen and oxygen atoms in total. The van der Waals surface area contributed by atoms with Crippen LogP contribution in [0, 0.1) is 25.7 Å². The van der Waals surface area contributed by atoms with E-state index in [-0.39, 0.29) is 12.0 Å². The van der Waals surface area contributed by atoms with Crippen molar-refractivity contribution in [3.8, 4) is 0 Å². The van der Waals surface area contributed by atoms with E-state index in [1.54, 1.807) is 13.8 Å². The summed E-state index contributed by atoms with van der Waals surface area (Å²) in [5.74, 6) is 1.50. The van der Waals surface area contributed by atoms with Gasteiger partial charge in [0.25, 0.3) is 5.91 Å². The lowest BCUT2D eigenvalue weighted by atomic mass is 9.93. The summed E-state index contributed by atoms with van der Waals surface area (Å²) in [6, 6.07) is 0. The van der Waals surface area contributed by atoms with Gasteiger partial charge in [-0.15, -0.1) is 0 Å². The summed E-state index contributed by atoms with van der Waals surface area (Å²) in [5, 5.41) is 2.93. The molecular weight excluding hydrogens is 244 g/mol. The van der Waals surface area contributed by atoms with Gasteiger partial charge < -0.3 is 14.5 Å². The van der Waals surface area contributed by atoms with E-state index >= 15 is 0 Å². The fourth-order valence-electron chi connectivity index (χ4n) is 2.66. The van der Waals surface area contributed by atoms with Crippen molar-refractivity contribution in [3.05, 3.63) is 17.3 Å². The second kappa shape index (κ2) is 5.74. The second-order valence-corrected chi connectivity index (χ2v) is 5.49. The van der Waals surface area contributed by atoms with Crippen LogP contribution in [0.25, 0.3) is 0 Å². The number of aromatic nitrogens is 1. The average molecular weight is 266 g/mol. The van der Waals surface area contributed by atoms with Crippen LogP contribution in [0.5, 0.6) is 0 Å². The molecule has 2 heterocycles. The Labute approximate surface area is 113 Å². The zero-order valence-electron chi connectivity index (χ0n) is 12.0. The van der Waals surface area contributed by atoms with Crippen LogP contribution in [0.2, 0.25) is 0 Å². The second-order valence-electron chi connectivity index (χ2n) is 5.49. The lowest BCUT2D eigenvalue weighted by Gasteiger charge is -2.21. The first kappa shape index (κ1) is 14.1. The highest BCUT2D eigenvalue weighted by Gasteiger charge is 2.31. The quantitative estimate of drug-likeness (QED) is 0.906. The van der Waals surface area contributed by atoms with Gasteiger partial charge in [0, 0.05) is 26.0 Å². The number of aryl methyl sites for hydroxylation is 2. The zero-order chi connectivity index (χ0) is 14.0. The molecule has 2 atom stereocenters. The van der Waals surface area contributed by atoms with Gasteiger partial charge in [0.15, 0.2) is 5.89 Å². The van der Waals surface area contributed by atoms with Crippen molar-refractivity contribution in [1.82, 2.24) is 10.3 Å². The fourth-order valence-corrected chi connectivity index (χ4v) is 2.66. The maximum Gasteiger partial charge on any atom is 0.289 e. The minimum Gasteiger partial charge on any atom is -0.436 e. The Balaban J connectivity index is 1.92. The number of oxazole rings is 1. The lowest BCUT2D eigenvalue weighted by molar-refractivity contribution is 0.0531. The highest BCUT2D eigenvalue weighted by atomic mass is 16.5. The maximum atomic E-state index is 12.0. The van der Waals surface area contributed by atoms with Gasteiger partial charge >= 0.3 is 0 Å². The first-order valence-corrected chi connectivity index (χ1v) is 6.83. The number of amides is 1. The van der Waals surface area contributed by atoms with Gasteiger partial charge in [-0.05, 0) is 19.3 Å². The third-order valence-electron chi connectivity index (χ3n) is 3.56. The van der Waals surface area contributed by atoms with E-state index in [0.29, 0.717) is 35.7 Å². The van der Waals surface area contributed by atoms with Crippen molar-refractivity contribution in [3.63, 3.8) is 0 Å². The summed E-state index contributed by atoms with van der Waals surface area (Å²) >= 11 is 0. The molecule has 1 aliphatic heterocycles. The van der Waals surface area contributed by atoms with Crippen molar-refractivity contribution in [2.45, 2.75) is 40.2 Å². The van der Waals surface area contributed by atoms with Crippen LogP contribution in [0.1, 0.15) is 42.4 Å². The monoisotopic (exact) mass is 266 g/mol. The Hall–Kier alpha value is -1.36. The number of carbonyl (C=O) groups excluding carboxylic acids is 1. The Bertz CT molecular complexity index is 454. The van der Waals surface area contributed by atoms with Crippen LogP contribution in [-0.2, 0) is 4.74 Å². The smallest absolute Gasteiger partial charge is 0.289 e. The molecule has 1 amide bonds. The number of hydrogen-bond acceptors (Lipinski definition) is 4. The summed E-state index contributed by atoms with van der Waals surface area (Å²) in [6.45, 7) is 9.22. The van der Waals surface area contributed by atoms with E-state index in [4.69, 9.17) is 9.15 Å². The molecule has 1 aromatic rings. The Kier molecular flexibility index (Phi) is 4.24. The van der Waals surface area contributed by atoms with Gasteiger partial charge in [-0.2, -0.15) is 0 Å². The van der Waals surface area contributed by atoms with Crippen molar-refractivity contribution < 1.29 is 13.9 Å². The molecule has 0 spiro atoms. The normalized spacial score (nSPS) is 23.0. The predicted octanol–water partition coefficient (Wildman–Crippen LogP) is 2.08. The van der Waals surface area contributed by atoms with Gasteiger partial charge in [0.1, 0.15) is 0 Å². The largest absolute Gasteiger partial charge is 0.436 e. The minimum atomic E-state index is -0.187. The molecule has 1 aromatic heterocycles. The molecule has 1 saturated heterocycles. The Morgan fingerprint density at radius 2 is 2.21 bits per heavy atom. The summed E-state index contributed by atoms with van der Waals surface area (Å²) in [6.07, 6.45) is 1.23. The maximum absolute atomic E-state index is 12.0. The van der Waals surface area contributed by atoms with Gasteiger partial charge in [-0.1, -0.05) is 13.8 Å². The third kappa shape index (κ3) is 3.15. The number of carbonyl (C=O) groups is 1. The highest BCUT2D eigenvalue weighted by Crippen LogP contribution is 2.26. The van der Waals surface area contributed by atoms with Crippen LogP contribution in [0.3, 0.4) is 0 Å². The van der Waals surface area contributed by atoms with Crippen LogP contribution in [0.4, 0.5) is 0 Å². The van der Waals surface area contributed by atoms with Gasteiger partial charge in [-0.3, -0.25) is 4.79 Å². The molecule has 106 valence electrons. The van der Waals surface area contributed by atoms with E-state index in [1.807, 2.05) is 0 Å².